The summed E-state index contributed by atoms with van der Waals surface area (Å²) in [4.78, 5) is 12.1. The van der Waals surface area contributed by atoms with Gasteiger partial charge < -0.3 is 21.1 Å². The van der Waals surface area contributed by atoms with Gasteiger partial charge in [0.1, 0.15) is 5.75 Å². The van der Waals surface area contributed by atoms with E-state index in [-0.39, 0.29) is 12.1 Å². The highest BCUT2D eigenvalue weighted by molar-refractivity contribution is 5.92. The fourth-order valence-corrected chi connectivity index (χ4v) is 2.64. The fourth-order valence-electron chi connectivity index (χ4n) is 2.64. The summed E-state index contributed by atoms with van der Waals surface area (Å²) in [6, 6.07) is 5.66. The highest BCUT2D eigenvalue weighted by Crippen LogP contribution is 2.28. The predicted molar refractivity (Wildman–Crippen MR) is 79.9 cm³/mol. The Hall–Kier alpha value is -1.75. The van der Waals surface area contributed by atoms with Gasteiger partial charge in [-0.2, -0.15) is 0 Å². The molecule has 1 fully saturated rings. The number of carbonyl (C=O) groups is 1. The Bertz CT molecular complexity index is 434. The van der Waals surface area contributed by atoms with E-state index in [0.717, 1.165) is 18.4 Å². The molecule has 0 heterocycles. The van der Waals surface area contributed by atoms with Gasteiger partial charge in [-0.25, -0.2) is 4.79 Å². The normalized spacial score (nSPS) is 15.7. The summed E-state index contributed by atoms with van der Waals surface area (Å²) in [5.41, 5.74) is 7.23. The maximum Gasteiger partial charge on any atom is 0.319 e. The first-order valence-corrected chi connectivity index (χ1v) is 7.18. The largest absolute Gasteiger partial charge is 0.495 e. The van der Waals surface area contributed by atoms with Gasteiger partial charge >= 0.3 is 6.03 Å². The molecule has 1 aliphatic carbocycles. The molecule has 0 unspecified atom stereocenters. The van der Waals surface area contributed by atoms with Crippen LogP contribution in [0.3, 0.4) is 0 Å². The second-order valence-corrected chi connectivity index (χ2v) is 5.13. The number of benzene rings is 1. The van der Waals surface area contributed by atoms with Crippen molar-refractivity contribution in [1.82, 2.24) is 5.32 Å². The summed E-state index contributed by atoms with van der Waals surface area (Å²) < 4.78 is 5.28. The van der Waals surface area contributed by atoms with Gasteiger partial charge in [-0.3, -0.25) is 0 Å². The number of methoxy groups -OCH3 is 1. The zero-order valence-corrected chi connectivity index (χ0v) is 11.9. The number of anilines is 1. The molecule has 1 saturated carbocycles. The highest BCUT2D eigenvalue weighted by atomic mass is 16.5. The van der Waals surface area contributed by atoms with Gasteiger partial charge in [0.2, 0.25) is 0 Å². The van der Waals surface area contributed by atoms with Gasteiger partial charge in [-0.1, -0.05) is 31.4 Å². The summed E-state index contributed by atoms with van der Waals surface area (Å²) >= 11 is 0. The van der Waals surface area contributed by atoms with Crippen LogP contribution in [0.4, 0.5) is 10.5 Å². The third-order valence-electron chi connectivity index (χ3n) is 3.73. The van der Waals surface area contributed by atoms with Crippen LogP contribution in [-0.2, 0) is 6.54 Å². The van der Waals surface area contributed by atoms with Crippen molar-refractivity contribution in [1.29, 1.82) is 0 Å². The molecule has 1 aliphatic rings. The van der Waals surface area contributed by atoms with Gasteiger partial charge in [0.25, 0.3) is 0 Å². The smallest absolute Gasteiger partial charge is 0.319 e. The topological polar surface area (TPSA) is 76.4 Å². The summed E-state index contributed by atoms with van der Waals surface area (Å²) in [6.07, 6.45) is 5.76. The van der Waals surface area contributed by atoms with Crippen molar-refractivity contribution < 1.29 is 9.53 Å². The zero-order chi connectivity index (χ0) is 14.4. The van der Waals surface area contributed by atoms with Crippen molar-refractivity contribution in [2.45, 2.75) is 44.7 Å². The molecule has 5 nitrogen and oxygen atoms in total. The first-order chi connectivity index (χ1) is 9.74. The standard InChI is InChI=1S/C15H23N3O2/c1-20-13-9-5-6-11(10-16)14(13)18-15(19)17-12-7-3-2-4-8-12/h5-6,9,12H,2-4,7-8,10,16H2,1H3,(H2,17,18,19). The number of amides is 2. The second-order valence-electron chi connectivity index (χ2n) is 5.13. The van der Waals surface area contributed by atoms with Crippen molar-refractivity contribution in [3.63, 3.8) is 0 Å². The maximum absolute atomic E-state index is 12.1. The molecule has 2 amide bonds. The molecule has 0 saturated heterocycles. The van der Waals surface area contributed by atoms with Gasteiger partial charge in [0, 0.05) is 12.6 Å². The quantitative estimate of drug-likeness (QED) is 0.791. The number of nitrogens with two attached hydrogens (primary N) is 1. The van der Waals surface area contributed by atoms with Gasteiger partial charge in [-0.05, 0) is 24.5 Å². The van der Waals surface area contributed by atoms with Crippen LogP contribution < -0.4 is 21.1 Å². The summed E-state index contributed by atoms with van der Waals surface area (Å²) in [6.45, 7) is 0.357. The van der Waals surface area contributed by atoms with E-state index >= 15 is 0 Å². The van der Waals surface area contributed by atoms with Crippen LogP contribution in [-0.4, -0.2) is 19.2 Å². The molecule has 0 spiro atoms. The molecule has 1 aromatic carbocycles. The zero-order valence-electron chi connectivity index (χ0n) is 11.9. The van der Waals surface area contributed by atoms with Crippen molar-refractivity contribution >= 4 is 11.7 Å². The molecule has 0 atom stereocenters. The Labute approximate surface area is 119 Å². The Morgan fingerprint density at radius 2 is 2.10 bits per heavy atom. The van der Waals surface area contributed by atoms with Crippen molar-refractivity contribution in [3.8, 4) is 5.75 Å². The van der Waals surface area contributed by atoms with Crippen LogP contribution in [0, 0.1) is 0 Å². The van der Waals surface area contributed by atoms with Crippen LogP contribution in [0.25, 0.3) is 0 Å². The lowest BCUT2D eigenvalue weighted by atomic mass is 9.96. The van der Waals surface area contributed by atoms with E-state index in [4.69, 9.17) is 10.5 Å². The number of carbonyl (C=O) groups excluding carboxylic acids is 1. The number of hydrogen-bond donors (Lipinski definition) is 3. The van der Waals surface area contributed by atoms with Crippen molar-refractivity contribution in [2.24, 2.45) is 5.73 Å². The minimum Gasteiger partial charge on any atom is -0.495 e. The third-order valence-corrected chi connectivity index (χ3v) is 3.73. The molecule has 0 radical (unpaired) electrons. The first-order valence-electron chi connectivity index (χ1n) is 7.18. The number of nitrogens with one attached hydrogen (secondary N) is 2. The van der Waals surface area contributed by atoms with Gasteiger partial charge in [0.15, 0.2) is 0 Å². The first kappa shape index (κ1) is 14.7. The molecular formula is C15H23N3O2. The number of para-hydroxylation sites is 1. The van der Waals surface area contributed by atoms with E-state index in [1.807, 2.05) is 18.2 Å². The minimum atomic E-state index is -0.184. The molecule has 0 aromatic heterocycles. The molecule has 0 bridgehead atoms. The Morgan fingerprint density at radius 1 is 1.35 bits per heavy atom. The fraction of sp³-hybridized carbons (Fsp3) is 0.533. The second kappa shape index (κ2) is 7.14. The van der Waals surface area contributed by atoms with Gasteiger partial charge in [-0.15, -0.1) is 0 Å². The molecule has 2 rings (SSSR count). The van der Waals surface area contributed by atoms with Crippen LogP contribution in [0.5, 0.6) is 5.75 Å². The third kappa shape index (κ3) is 3.63. The number of urea groups is 1. The summed E-state index contributed by atoms with van der Waals surface area (Å²) in [5.74, 6) is 0.631. The number of ether oxygens (including phenoxy) is 1. The van der Waals surface area contributed by atoms with E-state index in [2.05, 4.69) is 10.6 Å². The van der Waals surface area contributed by atoms with E-state index in [9.17, 15) is 4.79 Å². The average Bonchev–Trinajstić information content (AvgIpc) is 2.48. The van der Waals surface area contributed by atoms with E-state index in [0.29, 0.717) is 18.0 Å². The summed E-state index contributed by atoms with van der Waals surface area (Å²) in [5, 5.41) is 5.90. The number of rotatable bonds is 4. The van der Waals surface area contributed by atoms with Crippen LogP contribution in [0.2, 0.25) is 0 Å². The average molecular weight is 277 g/mol. The van der Waals surface area contributed by atoms with Crippen LogP contribution >= 0.6 is 0 Å². The molecule has 110 valence electrons. The lowest BCUT2D eigenvalue weighted by molar-refractivity contribution is 0.244. The Morgan fingerprint density at radius 3 is 2.75 bits per heavy atom. The predicted octanol–water partition coefficient (Wildman–Crippen LogP) is 2.61. The molecule has 0 aliphatic heterocycles. The molecule has 20 heavy (non-hydrogen) atoms. The van der Waals surface area contributed by atoms with Gasteiger partial charge in [0.05, 0.1) is 12.8 Å². The van der Waals surface area contributed by atoms with Crippen molar-refractivity contribution in [3.05, 3.63) is 23.8 Å². The van der Waals surface area contributed by atoms with Crippen LogP contribution in [0.1, 0.15) is 37.7 Å². The molecular weight excluding hydrogens is 254 g/mol. The van der Waals surface area contributed by atoms with Crippen molar-refractivity contribution in [2.75, 3.05) is 12.4 Å². The SMILES string of the molecule is COc1cccc(CN)c1NC(=O)NC1CCCCC1. The Kier molecular flexibility index (Phi) is 5.24. The maximum atomic E-state index is 12.1. The minimum absolute atomic E-state index is 0.184. The van der Waals surface area contributed by atoms with E-state index in [1.165, 1.54) is 19.3 Å². The highest BCUT2D eigenvalue weighted by Gasteiger charge is 2.17. The summed E-state index contributed by atoms with van der Waals surface area (Å²) in [7, 11) is 1.58. The lowest BCUT2D eigenvalue weighted by Gasteiger charge is -2.23. The monoisotopic (exact) mass is 277 g/mol. The van der Waals surface area contributed by atoms with E-state index in [1.54, 1.807) is 7.11 Å². The van der Waals surface area contributed by atoms with E-state index < -0.39 is 0 Å². The van der Waals surface area contributed by atoms with Crippen LogP contribution in [0.15, 0.2) is 18.2 Å². The molecule has 5 heteroatoms. The molecule has 4 N–H and O–H groups in total. The lowest BCUT2D eigenvalue weighted by Crippen LogP contribution is -2.39. The number of hydrogen-bond acceptors (Lipinski definition) is 3. The Balaban J connectivity index is 2.02. The molecule has 1 aromatic rings.